The van der Waals surface area contributed by atoms with Crippen LogP contribution in [-0.2, 0) is 9.53 Å². The molecule has 0 aromatic heterocycles. The number of carbonyl (C=O) groups is 2. The van der Waals surface area contributed by atoms with Gasteiger partial charge in [0.2, 0.25) is 0 Å². The van der Waals surface area contributed by atoms with Gasteiger partial charge < -0.3 is 15.4 Å². The molecule has 6 heteroatoms. The minimum Gasteiger partial charge on any atom is -0.462 e. The maximum atomic E-state index is 12.9. The molecule has 2 amide bonds. The summed E-state index contributed by atoms with van der Waals surface area (Å²) in [7, 11) is 0. The second kappa shape index (κ2) is 8.71. The lowest BCUT2D eigenvalue weighted by molar-refractivity contribution is -0.141. The normalized spacial score (nSPS) is 21.2. The highest BCUT2D eigenvalue weighted by Crippen LogP contribution is 2.31. The van der Waals surface area contributed by atoms with Crippen LogP contribution in [0.2, 0.25) is 0 Å². The lowest BCUT2D eigenvalue weighted by Gasteiger charge is -2.30. The number of hydrogen-bond donors (Lipinski definition) is 2. The van der Waals surface area contributed by atoms with Crippen LogP contribution in [0.3, 0.4) is 0 Å². The highest BCUT2D eigenvalue weighted by atomic mass is 79.9. The van der Waals surface area contributed by atoms with Gasteiger partial charge in [0.1, 0.15) is 0 Å². The number of ether oxygens (including phenoxy) is 1. The zero-order valence-electron chi connectivity index (χ0n) is 15.0. The number of esters is 1. The van der Waals surface area contributed by atoms with E-state index in [4.69, 9.17) is 4.74 Å². The molecule has 26 heavy (non-hydrogen) atoms. The van der Waals surface area contributed by atoms with Crippen molar-refractivity contribution in [2.45, 2.75) is 51.5 Å². The summed E-state index contributed by atoms with van der Waals surface area (Å²) < 4.78 is 6.57. The minimum absolute atomic E-state index is 0.296. The Bertz CT molecular complexity index is 711. The van der Waals surface area contributed by atoms with Crippen LogP contribution in [0.4, 0.5) is 4.79 Å². The standard InChI is InChI=1S/C20H25BrN2O3/c1-2-16-17(19(24)26-12-13-7-4-3-5-8-13)18(23-20(25)22-16)14-9-6-10-15(21)11-14/h6,9-11,13,18H,2-5,7-8,12H2,1H3,(H2,22,23,25). The summed E-state index contributed by atoms with van der Waals surface area (Å²) in [4.78, 5) is 25.0. The topological polar surface area (TPSA) is 67.4 Å². The van der Waals surface area contributed by atoms with E-state index >= 15 is 0 Å². The molecule has 2 aliphatic rings. The molecule has 0 saturated heterocycles. The molecule has 1 atom stereocenters. The van der Waals surface area contributed by atoms with E-state index in [2.05, 4.69) is 26.6 Å². The number of carbonyl (C=O) groups excluding carboxylic acids is 2. The van der Waals surface area contributed by atoms with Gasteiger partial charge in [0, 0.05) is 10.2 Å². The van der Waals surface area contributed by atoms with Gasteiger partial charge in [-0.15, -0.1) is 0 Å². The smallest absolute Gasteiger partial charge is 0.338 e. The fourth-order valence-electron chi connectivity index (χ4n) is 3.70. The number of halogens is 1. The van der Waals surface area contributed by atoms with Crippen LogP contribution in [0, 0.1) is 5.92 Å². The van der Waals surface area contributed by atoms with Crippen molar-refractivity contribution in [3.63, 3.8) is 0 Å². The van der Waals surface area contributed by atoms with E-state index in [-0.39, 0.29) is 12.0 Å². The maximum Gasteiger partial charge on any atom is 0.338 e. The van der Waals surface area contributed by atoms with Crippen LogP contribution >= 0.6 is 15.9 Å². The minimum atomic E-state index is -0.505. The lowest BCUT2D eigenvalue weighted by atomic mass is 9.90. The number of benzene rings is 1. The number of hydrogen-bond acceptors (Lipinski definition) is 3. The number of amides is 2. The molecule has 1 fully saturated rings. The van der Waals surface area contributed by atoms with Crippen LogP contribution in [0.25, 0.3) is 0 Å². The monoisotopic (exact) mass is 420 g/mol. The third-order valence-electron chi connectivity index (χ3n) is 5.08. The van der Waals surface area contributed by atoms with Gasteiger partial charge in [0.25, 0.3) is 0 Å². The predicted octanol–water partition coefficient (Wildman–Crippen LogP) is 4.59. The van der Waals surface area contributed by atoms with Crippen molar-refractivity contribution in [2.75, 3.05) is 6.61 Å². The molecule has 3 rings (SSSR count). The van der Waals surface area contributed by atoms with E-state index in [0.29, 0.717) is 30.2 Å². The van der Waals surface area contributed by atoms with Gasteiger partial charge in [-0.2, -0.15) is 0 Å². The lowest BCUT2D eigenvalue weighted by Crippen LogP contribution is -2.46. The maximum absolute atomic E-state index is 12.9. The molecule has 140 valence electrons. The molecule has 2 N–H and O–H groups in total. The van der Waals surface area contributed by atoms with E-state index in [1.165, 1.54) is 19.3 Å². The molecule has 0 bridgehead atoms. The number of nitrogens with one attached hydrogen (secondary N) is 2. The summed E-state index contributed by atoms with van der Waals surface area (Å²) in [5, 5.41) is 5.63. The first-order valence-electron chi connectivity index (χ1n) is 9.31. The van der Waals surface area contributed by atoms with Gasteiger partial charge in [0.05, 0.1) is 18.2 Å². The molecule has 1 saturated carbocycles. The molecule has 5 nitrogen and oxygen atoms in total. The molecule has 1 heterocycles. The Labute approximate surface area is 162 Å². The molecular weight excluding hydrogens is 396 g/mol. The molecule has 0 radical (unpaired) electrons. The van der Waals surface area contributed by atoms with Crippen LogP contribution in [0.15, 0.2) is 40.0 Å². The summed E-state index contributed by atoms with van der Waals surface area (Å²) in [6, 6.07) is 6.83. The summed E-state index contributed by atoms with van der Waals surface area (Å²) in [5.74, 6) is 0.110. The fraction of sp³-hybridized carbons (Fsp3) is 0.500. The van der Waals surface area contributed by atoms with Crippen molar-refractivity contribution in [1.82, 2.24) is 10.6 Å². The Morgan fingerprint density at radius 2 is 2.04 bits per heavy atom. The van der Waals surface area contributed by atoms with Crippen molar-refractivity contribution in [2.24, 2.45) is 5.92 Å². The Balaban J connectivity index is 1.82. The fourth-order valence-corrected chi connectivity index (χ4v) is 4.12. The van der Waals surface area contributed by atoms with E-state index in [1.807, 2.05) is 31.2 Å². The van der Waals surface area contributed by atoms with Crippen molar-refractivity contribution in [1.29, 1.82) is 0 Å². The van der Waals surface area contributed by atoms with Crippen LogP contribution in [-0.4, -0.2) is 18.6 Å². The second-order valence-corrected chi connectivity index (χ2v) is 7.85. The Morgan fingerprint density at radius 1 is 1.27 bits per heavy atom. The number of rotatable bonds is 5. The zero-order chi connectivity index (χ0) is 18.5. The highest BCUT2D eigenvalue weighted by molar-refractivity contribution is 9.10. The molecular formula is C20H25BrN2O3. The van der Waals surface area contributed by atoms with Gasteiger partial charge >= 0.3 is 12.0 Å². The summed E-state index contributed by atoms with van der Waals surface area (Å²) in [6.45, 7) is 2.38. The average Bonchev–Trinajstić information content (AvgIpc) is 2.66. The first kappa shape index (κ1) is 19.0. The van der Waals surface area contributed by atoms with E-state index in [0.717, 1.165) is 22.9 Å². The van der Waals surface area contributed by atoms with Crippen molar-refractivity contribution in [3.8, 4) is 0 Å². The first-order valence-corrected chi connectivity index (χ1v) is 10.1. The Hall–Kier alpha value is -1.82. The molecule has 1 aliphatic carbocycles. The quantitative estimate of drug-likeness (QED) is 0.684. The summed E-state index contributed by atoms with van der Waals surface area (Å²) >= 11 is 3.46. The first-order chi connectivity index (χ1) is 12.6. The van der Waals surface area contributed by atoms with Crippen molar-refractivity contribution < 1.29 is 14.3 Å². The molecule has 1 aromatic carbocycles. The molecule has 1 aliphatic heterocycles. The second-order valence-electron chi connectivity index (χ2n) is 6.93. The molecule has 0 spiro atoms. The van der Waals surface area contributed by atoms with Crippen LogP contribution in [0.1, 0.15) is 57.1 Å². The number of urea groups is 1. The van der Waals surface area contributed by atoms with E-state index in [9.17, 15) is 9.59 Å². The predicted molar refractivity (Wildman–Crippen MR) is 103 cm³/mol. The van der Waals surface area contributed by atoms with Gasteiger partial charge in [-0.3, -0.25) is 0 Å². The van der Waals surface area contributed by atoms with Gasteiger partial charge in [-0.05, 0) is 42.9 Å². The third kappa shape index (κ3) is 4.47. The third-order valence-corrected chi connectivity index (χ3v) is 5.58. The van der Waals surface area contributed by atoms with E-state index < -0.39 is 6.04 Å². The molecule has 1 aromatic rings. The van der Waals surface area contributed by atoms with Crippen molar-refractivity contribution in [3.05, 3.63) is 45.6 Å². The highest BCUT2D eigenvalue weighted by Gasteiger charge is 2.33. The SMILES string of the molecule is CCC1=C(C(=O)OCC2CCCCC2)C(c2cccc(Br)c2)NC(=O)N1. The van der Waals surface area contributed by atoms with Gasteiger partial charge in [-0.1, -0.05) is 54.2 Å². The van der Waals surface area contributed by atoms with Crippen LogP contribution in [0.5, 0.6) is 0 Å². The van der Waals surface area contributed by atoms with E-state index in [1.54, 1.807) is 0 Å². The van der Waals surface area contributed by atoms with Gasteiger partial charge in [-0.25, -0.2) is 9.59 Å². The zero-order valence-corrected chi connectivity index (χ0v) is 16.6. The van der Waals surface area contributed by atoms with Crippen molar-refractivity contribution >= 4 is 27.9 Å². The summed E-state index contributed by atoms with van der Waals surface area (Å²) in [6.07, 6.45) is 6.50. The Kier molecular flexibility index (Phi) is 6.35. The largest absolute Gasteiger partial charge is 0.462 e. The number of allylic oxidation sites excluding steroid dienone is 1. The molecule has 1 unspecified atom stereocenters. The Morgan fingerprint density at radius 3 is 2.73 bits per heavy atom. The van der Waals surface area contributed by atoms with Gasteiger partial charge in [0.15, 0.2) is 0 Å². The average molecular weight is 421 g/mol. The summed E-state index contributed by atoms with van der Waals surface area (Å²) in [5.41, 5.74) is 1.98. The van der Waals surface area contributed by atoms with Crippen LogP contribution < -0.4 is 10.6 Å².